The molecule has 0 bridgehead atoms. The van der Waals surface area contributed by atoms with Crippen LogP contribution in [-0.4, -0.2) is 18.0 Å². The van der Waals surface area contributed by atoms with Crippen molar-refractivity contribution < 1.29 is 14.3 Å². The van der Waals surface area contributed by atoms with E-state index in [1.165, 1.54) is 0 Å². The summed E-state index contributed by atoms with van der Waals surface area (Å²) < 4.78 is 5.14. The van der Waals surface area contributed by atoms with Crippen LogP contribution in [-0.2, 0) is 4.74 Å². The summed E-state index contributed by atoms with van der Waals surface area (Å²) in [5.74, 6) is -0.251. The van der Waals surface area contributed by atoms with Crippen LogP contribution in [0.15, 0.2) is 54.6 Å². The summed E-state index contributed by atoms with van der Waals surface area (Å²) in [5, 5.41) is 3.22. The second-order valence-corrected chi connectivity index (χ2v) is 5.17. The van der Waals surface area contributed by atoms with E-state index in [4.69, 9.17) is 16.3 Å². The topological polar surface area (TPSA) is 55.4 Å². The highest BCUT2D eigenvalue weighted by Crippen LogP contribution is 2.27. The Morgan fingerprint density at radius 2 is 1.71 bits per heavy atom. The van der Waals surface area contributed by atoms with Crippen LogP contribution in [0.4, 0.5) is 4.79 Å². The molecule has 1 amide bonds. The summed E-state index contributed by atoms with van der Waals surface area (Å²) in [6.45, 7) is 0. The van der Waals surface area contributed by atoms with Crippen molar-refractivity contribution in [2.24, 2.45) is 0 Å². The molecule has 1 N–H and O–H groups in total. The van der Waals surface area contributed by atoms with Gasteiger partial charge in [-0.05, 0) is 29.8 Å². The number of amides is 1. The van der Waals surface area contributed by atoms with E-state index in [1.54, 1.807) is 24.3 Å². The molecule has 1 aliphatic rings. The SMILES string of the molecule is O=C1N[C@H](c2ccccc2)[C@@H](C(=O)c2ccc(Cl)cc2)O1. The molecule has 21 heavy (non-hydrogen) atoms. The lowest BCUT2D eigenvalue weighted by Crippen LogP contribution is -2.29. The van der Waals surface area contributed by atoms with Gasteiger partial charge in [-0.1, -0.05) is 41.9 Å². The molecule has 0 spiro atoms. The van der Waals surface area contributed by atoms with Crippen LogP contribution < -0.4 is 5.32 Å². The van der Waals surface area contributed by atoms with E-state index in [0.717, 1.165) is 5.56 Å². The molecule has 1 saturated heterocycles. The zero-order valence-electron chi connectivity index (χ0n) is 11.0. The second-order valence-electron chi connectivity index (χ2n) is 4.73. The minimum absolute atomic E-state index is 0.251. The van der Waals surface area contributed by atoms with Gasteiger partial charge >= 0.3 is 6.09 Å². The Morgan fingerprint density at radius 1 is 1.05 bits per heavy atom. The number of ketones is 1. The number of carbonyl (C=O) groups is 2. The fraction of sp³-hybridized carbons (Fsp3) is 0.125. The summed E-state index contributed by atoms with van der Waals surface area (Å²) in [7, 11) is 0. The maximum absolute atomic E-state index is 12.5. The lowest BCUT2D eigenvalue weighted by atomic mass is 9.96. The fourth-order valence-corrected chi connectivity index (χ4v) is 2.45. The summed E-state index contributed by atoms with van der Waals surface area (Å²) in [6, 6.07) is 15.3. The Labute approximate surface area is 126 Å². The first-order valence-corrected chi connectivity index (χ1v) is 6.85. The van der Waals surface area contributed by atoms with Gasteiger partial charge in [0.1, 0.15) is 6.04 Å². The molecule has 2 aromatic carbocycles. The minimum Gasteiger partial charge on any atom is -0.435 e. The highest BCUT2D eigenvalue weighted by Gasteiger charge is 2.40. The van der Waals surface area contributed by atoms with Gasteiger partial charge < -0.3 is 10.1 Å². The maximum atomic E-state index is 12.5. The monoisotopic (exact) mass is 301 g/mol. The van der Waals surface area contributed by atoms with Gasteiger partial charge in [-0.15, -0.1) is 0 Å². The normalized spacial score (nSPS) is 20.7. The predicted octanol–water partition coefficient (Wildman–Crippen LogP) is 3.37. The predicted molar refractivity (Wildman–Crippen MR) is 78.4 cm³/mol. The lowest BCUT2D eigenvalue weighted by molar-refractivity contribution is 0.0721. The van der Waals surface area contributed by atoms with Crippen LogP contribution in [0.1, 0.15) is 22.0 Å². The third kappa shape index (κ3) is 2.76. The van der Waals surface area contributed by atoms with Crippen molar-refractivity contribution in [3.05, 3.63) is 70.7 Å². The number of benzene rings is 2. The molecular weight excluding hydrogens is 290 g/mol. The number of carbonyl (C=O) groups excluding carboxylic acids is 2. The summed E-state index contributed by atoms with van der Waals surface area (Å²) in [5.41, 5.74) is 1.29. The van der Waals surface area contributed by atoms with E-state index >= 15 is 0 Å². The Morgan fingerprint density at radius 3 is 2.38 bits per heavy atom. The minimum atomic E-state index is -0.874. The third-order valence-corrected chi connectivity index (χ3v) is 3.61. The molecule has 0 aliphatic carbocycles. The van der Waals surface area contributed by atoms with Gasteiger partial charge in [0, 0.05) is 10.6 Å². The van der Waals surface area contributed by atoms with E-state index in [-0.39, 0.29) is 5.78 Å². The van der Waals surface area contributed by atoms with E-state index in [1.807, 2.05) is 30.3 Å². The molecule has 2 atom stereocenters. The van der Waals surface area contributed by atoms with Crippen LogP contribution in [0, 0.1) is 0 Å². The smallest absolute Gasteiger partial charge is 0.408 e. The molecule has 106 valence electrons. The average molecular weight is 302 g/mol. The van der Waals surface area contributed by atoms with Crippen molar-refractivity contribution in [3.8, 4) is 0 Å². The Hall–Kier alpha value is -2.33. The van der Waals surface area contributed by atoms with Gasteiger partial charge in [-0.3, -0.25) is 4.79 Å². The molecule has 0 radical (unpaired) electrons. The van der Waals surface area contributed by atoms with Crippen molar-refractivity contribution in [2.75, 3.05) is 0 Å². The van der Waals surface area contributed by atoms with Crippen LogP contribution in [0.3, 0.4) is 0 Å². The molecule has 5 heteroatoms. The second kappa shape index (κ2) is 5.58. The maximum Gasteiger partial charge on any atom is 0.408 e. The number of rotatable bonds is 3. The lowest BCUT2D eigenvalue weighted by Gasteiger charge is -2.16. The number of cyclic esters (lactones) is 1. The van der Waals surface area contributed by atoms with Crippen LogP contribution in [0.25, 0.3) is 0 Å². The number of hydrogen-bond acceptors (Lipinski definition) is 3. The van der Waals surface area contributed by atoms with Gasteiger partial charge in [0.05, 0.1) is 0 Å². The molecular formula is C16H12ClNO3. The Balaban J connectivity index is 1.90. The van der Waals surface area contributed by atoms with Gasteiger partial charge in [0.15, 0.2) is 6.10 Å². The van der Waals surface area contributed by atoms with E-state index < -0.39 is 18.2 Å². The first kappa shape index (κ1) is 13.6. The highest BCUT2D eigenvalue weighted by atomic mass is 35.5. The number of Topliss-reactive ketones (excluding diaryl/α,β-unsaturated/α-hetero) is 1. The van der Waals surface area contributed by atoms with Gasteiger partial charge in [-0.2, -0.15) is 0 Å². The number of hydrogen-bond donors (Lipinski definition) is 1. The number of ether oxygens (including phenoxy) is 1. The first-order valence-electron chi connectivity index (χ1n) is 6.47. The number of halogens is 1. The van der Waals surface area contributed by atoms with Gasteiger partial charge in [0.25, 0.3) is 0 Å². The van der Waals surface area contributed by atoms with Crippen molar-refractivity contribution in [3.63, 3.8) is 0 Å². The molecule has 0 saturated carbocycles. The molecule has 1 fully saturated rings. The molecule has 1 aliphatic heterocycles. The van der Waals surface area contributed by atoms with Gasteiger partial charge in [0.2, 0.25) is 5.78 Å². The largest absolute Gasteiger partial charge is 0.435 e. The zero-order valence-corrected chi connectivity index (χ0v) is 11.7. The molecule has 2 aromatic rings. The highest BCUT2D eigenvalue weighted by molar-refractivity contribution is 6.30. The molecule has 0 unspecified atom stereocenters. The number of nitrogens with one attached hydrogen (secondary N) is 1. The molecule has 4 nitrogen and oxygen atoms in total. The van der Waals surface area contributed by atoms with E-state index in [0.29, 0.717) is 10.6 Å². The quantitative estimate of drug-likeness (QED) is 0.884. The first-order chi connectivity index (χ1) is 10.1. The third-order valence-electron chi connectivity index (χ3n) is 3.36. The van der Waals surface area contributed by atoms with E-state index in [9.17, 15) is 9.59 Å². The van der Waals surface area contributed by atoms with Crippen molar-refractivity contribution in [1.29, 1.82) is 0 Å². The van der Waals surface area contributed by atoms with Gasteiger partial charge in [-0.25, -0.2) is 4.79 Å². The van der Waals surface area contributed by atoms with Crippen LogP contribution >= 0.6 is 11.6 Å². The fourth-order valence-electron chi connectivity index (χ4n) is 2.32. The summed E-state index contributed by atoms with van der Waals surface area (Å²) in [6.07, 6.45) is -1.46. The Bertz CT molecular complexity index is 670. The zero-order chi connectivity index (χ0) is 14.8. The standard InChI is InChI=1S/C16H12ClNO3/c17-12-8-6-11(7-9-12)14(19)15-13(18-16(20)21-15)10-4-2-1-3-5-10/h1-9,13,15H,(H,18,20)/t13-,15+/m1/s1. The summed E-state index contributed by atoms with van der Waals surface area (Å²) in [4.78, 5) is 24.0. The van der Waals surface area contributed by atoms with Crippen LogP contribution in [0.5, 0.6) is 0 Å². The molecule has 3 rings (SSSR count). The van der Waals surface area contributed by atoms with Crippen molar-refractivity contribution in [2.45, 2.75) is 12.1 Å². The molecule has 1 heterocycles. The number of alkyl carbamates (subject to hydrolysis) is 1. The van der Waals surface area contributed by atoms with Crippen molar-refractivity contribution >= 4 is 23.5 Å². The summed E-state index contributed by atoms with van der Waals surface area (Å²) >= 11 is 5.81. The Kier molecular flexibility index (Phi) is 3.62. The molecule has 0 aromatic heterocycles. The van der Waals surface area contributed by atoms with Crippen molar-refractivity contribution in [1.82, 2.24) is 5.32 Å². The van der Waals surface area contributed by atoms with Crippen LogP contribution in [0.2, 0.25) is 5.02 Å². The van der Waals surface area contributed by atoms with E-state index in [2.05, 4.69) is 5.32 Å². The average Bonchev–Trinajstić information content (AvgIpc) is 2.90.